The minimum atomic E-state index is 0.341. The first-order valence-electron chi connectivity index (χ1n) is 7.64. The van der Waals surface area contributed by atoms with Gasteiger partial charge in [0, 0.05) is 17.5 Å². The Labute approximate surface area is 132 Å². The monoisotopic (exact) mass is 300 g/mol. The highest BCUT2D eigenvalue weighted by Gasteiger charge is 2.19. The van der Waals surface area contributed by atoms with E-state index in [1.807, 2.05) is 30.1 Å². The van der Waals surface area contributed by atoms with Crippen LogP contribution in [0.3, 0.4) is 0 Å². The first kappa shape index (κ1) is 16.1. The molecule has 0 saturated carbocycles. The Morgan fingerprint density at radius 2 is 1.86 bits per heavy atom. The van der Waals surface area contributed by atoms with Crippen LogP contribution < -0.4 is 5.32 Å². The molecule has 21 heavy (non-hydrogen) atoms. The van der Waals surface area contributed by atoms with Crippen molar-refractivity contribution < 1.29 is 0 Å². The first-order chi connectivity index (χ1) is 10.2. The first-order valence-corrected chi connectivity index (χ1v) is 8.52. The zero-order valence-corrected chi connectivity index (χ0v) is 13.9. The zero-order valence-electron chi connectivity index (χ0n) is 13.0. The summed E-state index contributed by atoms with van der Waals surface area (Å²) in [5.74, 6) is 0. The molecule has 1 aromatic carbocycles. The Bertz CT molecular complexity index is 525. The normalized spacial score (nSPS) is 13.9. The summed E-state index contributed by atoms with van der Waals surface area (Å²) in [5, 5.41) is 5.11. The van der Waals surface area contributed by atoms with E-state index in [0.717, 1.165) is 18.0 Å². The molecule has 0 saturated heterocycles. The summed E-state index contributed by atoms with van der Waals surface area (Å²) in [5.41, 5.74) is 2.74. The molecule has 0 amide bonds. The SMILES string of the molecule is CCNC(c1ccc(CC)cc1)C(C)Sc1ccccn1. The van der Waals surface area contributed by atoms with Gasteiger partial charge < -0.3 is 5.32 Å². The van der Waals surface area contributed by atoms with Gasteiger partial charge in [-0.15, -0.1) is 11.8 Å². The third-order valence-electron chi connectivity index (χ3n) is 3.58. The van der Waals surface area contributed by atoms with Gasteiger partial charge in [-0.1, -0.05) is 51.1 Å². The van der Waals surface area contributed by atoms with Gasteiger partial charge in [0.15, 0.2) is 0 Å². The lowest BCUT2D eigenvalue weighted by atomic mass is 10.0. The van der Waals surface area contributed by atoms with Crippen LogP contribution in [0.25, 0.3) is 0 Å². The van der Waals surface area contributed by atoms with E-state index in [2.05, 4.69) is 61.4 Å². The van der Waals surface area contributed by atoms with E-state index in [1.54, 1.807) is 0 Å². The van der Waals surface area contributed by atoms with Gasteiger partial charge in [-0.2, -0.15) is 0 Å². The quantitative estimate of drug-likeness (QED) is 0.763. The fourth-order valence-corrected chi connectivity index (χ4v) is 3.46. The Morgan fingerprint density at radius 1 is 1.10 bits per heavy atom. The zero-order chi connectivity index (χ0) is 15.1. The van der Waals surface area contributed by atoms with Crippen molar-refractivity contribution in [3.63, 3.8) is 0 Å². The van der Waals surface area contributed by atoms with Crippen LogP contribution in [-0.2, 0) is 6.42 Å². The average Bonchev–Trinajstić information content (AvgIpc) is 2.53. The molecule has 3 heteroatoms. The summed E-state index contributed by atoms with van der Waals surface area (Å²) < 4.78 is 0. The minimum Gasteiger partial charge on any atom is -0.309 e. The number of nitrogens with zero attached hydrogens (tertiary/aromatic N) is 1. The van der Waals surface area contributed by atoms with Crippen molar-refractivity contribution in [2.45, 2.75) is 43.5 Å². The molecule has 2 aromatic rings. The van der Waals surface area contributed by atoms with Crippen molar-refractivity contribution >= 4 is 11.8 Å². The van der Waals surface area contributed by atoms with Crippen LogP contribution in [0.4, 0.5) is 0 Å². The molecular weight excluding hydrogens is 276 g/mol. The van der Waals surface area contributed by atoms with E-state index in [0.29, 0.717) is 11.3 Å². The fourth-order valence-electron chi connectivity index (χ4n) is 2.41. The van der Waals surface area contributed by atoms with E-state index in [-0.39, 0.29) is 0 Å². The van der Waals surface area contributed by atoms with Crippen LogP contribution >= 0.6 is 11.8 Å². The van der Waals surface area contributed by atoms with Gasteiger partial charge >= 0.3 is 0 Å². The minimum absolute atomic E-state index is 0.341. The summed E-state index contributed by atoms with van der Waals surface area (Å²) in [6, 6.07) is 15.4. The predicted octanol–water partition coefficient (Wildman–Crippen LogP) is 4.48. The van der Waals surface area contributed by atoms with E-state index in [9.17, 15) is 0 Å². The van der Waals surface area contributed by atoms with Crippen LogP contribution in [0.5, 0.6) is 0 Å². The van der Waals surface area contributed by atoms with Gasteiger partial charge in [0.25, 0.3) is 0 Å². The van der Waals surface area contributed by atoms with Crippen molar-refractivity contribution in [2.75, 3.05) is 6.54 Å². The molecule has 0 fully saturated rings. The molecule has 1 heterocycles. The Balaban J connectivity index is 2.13. The van der Waals surface area contributed by atoms with Crippen LogP contribution in [-0.4, -0.2) is 16.8 Å². The molecule has 1 aromatic heterocycles. The highest BCUT2D eigenvalue weighted by molar-refractivity contribution is 7.99. The van der Waals surface area contributed by atoms with E-state index in [1.165, 1.54) is 11.1 Å². The summed E-state index contributed by atoms with van der Waals surface area (Å²) in [7, 11) is 0. The molecule has 0 aliphatic heterocycles. The second-order valence-electron chi connectivity index (χ2n) is 5.12. The lowest BCUT2D eigenvalue weighted by molar-refractivity contribution is 0.547. The van der Waals surface area contributed by atoms with E-state index >= 15 is 0 Å². The summed E-state index contributed by atoms with van der Waals surface area (Å²) >= 11 is 1.82. The molecule has 2 atom stereocenters. The molecule has 2 nitrogen and oxygen atoms in total. The molecule has 0 aliphatic rings. The molecule has 0 aliphatic carbocycles. The predicted molar refractivity (Wildman–Crippen MR) is 91.8 cm³/mol. The van der Waals surface area contributed by atoms with Crippen LogP contribution in [0.1, 0.15) is 37.9 Å². The van der Waals surface area contributed by atoms with E-state index < -0.39 is 0 Å². The van der Waals surface area contributed by atoms with Crippen LogP contribution in [0.15, 0.2) is 53.7 Å². The number of pyridine rings is 1. The molecule has 0 bridgehead atoms. The maximum Gasteiger partial charge on any atom is 0.0963 e. The molecule has 1 N–H and O–H groups in total. The highest BCUT2D eigenvalue weighted by atomic mass is 32.2. The number of aryl methyl sites for hydroxylation is 1. The number of aromatic nitrogens is 1. The van der Waals surface area contributed by atoms with Gasteiger partial charge in [0.2, 0.25) is 0 Å². The molecule has 0 radical (unpaired) electrons. The second-order valence-corrected chi connectivity index (χ2v) is 6.52. The Morgan fingerprint density at radius 3 is 2.43 bits per heavy atom. The van der Waals surface area contributed by atoms with Gasteiger partial charge in [-0.05, 0) is 36.2 Å². The van der Waals surface area contributed by atoms with Crippen molar-refractivity contribution in [3.05, 3.63) is 59.8 Å². The number of benzene rings is 1. The smallest absolute Gasteiger partial charge is 0.0963 e. The maximum absolute atomic E-state index is 4.42. The Hall–Kier alpha value is -1.32. The number of hydrogen-bond donors (Lipinski definition) is 1. The molecule has 2 rings (SSSR count). The van der Waals surface area contributed by atoms with Gasteiger partial charge in [-0.25, -0.2) is 4.98 Å². The standard InChI is InChI=1S/C18H24N2S/c1-4-15-9-11-16(12-10-15)18(19-5-2)14(3)21-17-8-6-7-13-20-17/h6-14,18-19H,4-5H2,1-3H3. The molecule has 112 valence electrons. The largest absolute Gasteiger partial charge is 0.309 e. The number of hydrogen-bond acceptors (Lipinski definition) is 3. The van der Waals surface area contributed by atoms with Gasteiger partial charge in [0.1, 0.15) is 0 Å². The molecular formula is C18H24N2S. The van der Waals surface area contributed by atoms with Crippen molar-refractivity contribution in [3.8, 4) is 0 Å². The molecule has 2 unspecified atom stereocenters. The second kappa shape index (κ2) is 8.20. The number of thioether (sulfide) groups is 1. The molecule has 0 spiro atoms. The average molecular weight is 300 g/mol. The van der Waals surface area contributed by atoms with Crippen LogP contribution in [0.2, 0.25) is 0 Å². The summed E-state index contributed by atoms with van der Waals surface area (Å²) in [6.45, 7) is 7.58. The fraction of sp³-hybridized carbons (Fsp3) is 0.389. The number of nitrogens with one attached hydrogen (secondary N) is 1. The van der Waals surface area contributed by atoms with Gasteiger partial charge in [-0.3, -0.25) is 0 Å². The van der Waals surface area contributed by atoms with Crippen molar-refractivity contribution in [2.24, 2.45) is 0 Å². The lowest BCUT2D eigenvalue weighted by Crippen LogP contribution is -2.28. The van der Waals surface area contributed by atoms with Crippen molar-refractivity contribution in [1.29, 1.82) is 0 Å². The summed E-state index contributed by atoms with van der Waals surface area (Å²) in [6.07, 6.45) is 2.94. The number of rotatable bonds is 7. The van der Waals surface area contributed by atoms with E-state index in [4.69, 9.17) is 0 Å². The van der Waals surface area contributed by atoms with Crippen molar-refractivity contribution in [1.82, 2.24) is 10.3 Å². The maximum atomic E-state index is 4.42. The Kier molecular flexibility index (Phi) is 6.27. The highest BCUT2D eigenvalue weighted by Crippen LogP contribution is 2.31. The summed E-state index contributed by atoms with van der Waals surface area (Å²) in [4.78, 5) is 4.42. The topological polar surface area (TPSA) is 24.9 Å². The lowest BCUT2D eigenvalue weighted by Gasteiger charge is -2.25. The van der Waals surface area contributed by atoms with Gasteiger partial charge in [0.05, 0.1) is 5.03 Å². The third-order valence-corrected chi connectivity index (χ3v) is 4.71. The third kappa shape index (κ3) is 4.58. The van der Waals surface area contributed by atoms with Crippen LogP contribution in [0, 0.1) is 0 Å².